The van der Waals surface area contributed by atoms with Crippen molar-refractivity contribution in [2.75, 3.05) is 24.7 Å². The first kappa shape index (κ1) is 37.1. The van der Waals surface area contributed by atoms with E-state index in [0.29, 0.717) is 5.69 Å². The van der Waals surface area contributed by atoms with Crippen LogP contribution in [0.5, 0.6) is 0 Å². The van der Waals surface area contributed by atoms with Crippen LogP contribution in [0.4, 0.5) is 5.82 Å². The molecule has 0 amide bonds. The number of para-hydroxylation sites is 1. The summed E-state index contributed by atoms with van der Waals surface area (Å²) in [5.41, 5.74) is 6.57. The van der Waals surface area contributed by atoms with Gasteiger partial charge in [0.1, 0.15) is 12.2 Å². The maximum Gasteiger partial charge on any atom is 0.343 e. The molecule has 2 aromatic rings. The summed E-state index contributed by atoms with van der Waals surface area (Å²) in [5, 5.41) is 3.98. The molecular weight excluding hydrogens is 628 g/mol. The Morgan fingerprint density at radius 3 is 1.80 bits per heavy atom. The van der Waals surface area contributed by atoms with Gasteiger partial charge >= 0.3 is 35.8 Å². The van der Waals surface area contributed by atoms with Crippen molar-refractivity contribution < 1.29 is 57.2 Å². The average molecular weight is 665 g/mol. The third-order valence-electron chi connectivity index (χ3n) is 5.87. The normalized spacial score (nSPS) is 13.2. The molecule has 1 aromatic heterocycles. The van der Waals surface area contributed by atoms with Gasteiger partial charge in [0.05, 0.1) is 25.0 Å². The number of rotatable bonds is 15. The minimum absolute atomic E-state index is 0.00337. The summed E-state index contributed by atoms with van der Waals surface area (Å²) in [6.07, 6.45) is -5.33. The van der Waals surface area contributed by atoms with E-state index in [0.717, 1.165) is 34.6 Å². The van der Waals surface area contributed by atoms with Crippen LogP contribution >= 0.6 is 12.2 Å². The number of hydrogen-bond donors (Lipinski definition) is 1. The van der Waals surface area contributed by atoms with Crippen LogP contribution in [0.1, 0.15) is 51.9 Å². The van der Waals surface area contributed by atoms with Gasteiger partial charge in [-0.2, -0.15) is 5.10 Å². The Morgan fingerprint density at radius 1 is 0.804 bits per heavy atom. The Balaban J connectivity index is 2.81. The van der Waals surface area contributed by atoms with Gasteiger partial charge in [-0.3, -0.25) is 28.9 Å². The number of aromatic nitrogens is 2. The van der Waals surface area contributed by atoms with Gasteiger partial charge in [0, 0.05) is 34.6 Å². The lowest BCUT2D eigenvalue weighted by atomic mass is 10.0. The molecule has 0 spiro atoms. The molecule has 1 aromatic carbocycles. The van der Waals surface area contributed by atoms with E-state index in [4.69, 9.17) is 46.4 Å². The van der Waals surface area contributed by atoms with Crippen molar-refractivity contribution in [3.05, 3.63) is 42.1 Å². The molecule has 0 aliphatic rings. The number of benzene rings is 1. The van der Waals surface area contributed by atoms with E-state index in [1.54, 1.807) is 37.3 Å². The summed E-state index contributed by atoms with van der Waals surface area (Å²) in [6, 6.07) is 8.56. The fourth-order valence-corrected chi connectivity index (χ4v) is 4.46. The van der Waals surface area contributed by atoms with E-state index in [1.165, 1.54) is 15.8 Å². The largest absolute Gasteiger partial charge is 0.462 e. The Morgan fingerprint density at radius 2 is 1.33 bits per heavy atom. The number of hydrogen-bond acceptors (Lipinski definition) is 14. The molecule has 1 heterocycles. The van der Waals surface area contributed by atoms with Crippen molar-refractivity contribution in [1.29, 1.82) is 0 Å². The smallest absolute Gasteiger partial charge is 0.343 e. The van der Waals surface area contributed by atoms with Gasteiger partial charge in [-0.05, 0) is 31.3 Å². The van der Waals surface area contributed by atoms with E-state index in [1.807, 2.05) is 0 Å². The molecule has 0 aliphatic carbocycles. The van der Waals surface area contributed by atoms with Gasteiger partial charge in [0.25, 0.3) is 0 Å². The van der Waals surface area contributed by atoms with Crippen LogP contribution < -0.4 is 10.6 Å². The van der Waals surface area contributed by atoms with Crippen LogP contribution in [0.25, 0.3) is 5.69 Å². The molecule has 46 heavy (non-hydrogen) atoms. The van der Waals surface area contributed by atoms with Crippen molar-refractivity contribution in [3.8, 4) is 5.69 Å². The van der Waals surface area contributed by atoms with Crippen LogP contribution in [-0.2, 0) is 52.4 Å². The number of anilines is 1. The number of nitrogens with two attached hydrogens (primary N) is 1. The molecule has 16 nitrogen and oxygen atoms in total. The topological polar surface area (TPSA) is 205 Å². The number of carbonyl (C=O) groups is 6. The Kier molecular flexibility index (Phi) is 14.1. The van der Waals surface area contributed by atoms with Crippen LogP contribution in [0.2, 0.25) is 0 Å². The number of nitrogens with zero attached hydrogens (tertiary/aromatic N) is 3. The highest BCUT2D eigenvalue weighted by Crippen LogP contribution is 2.28. The number of carbonyl (C=O) groups excluding carboxylic acids is 6. The van der Waals surface area contributed by atoms with Crippen LogP contribution in [-0.4, -0.2) is 94.9 Å². The van der Waals surface area contributed by atoms with Gasteiger partial charge in [0.15, 0.2) is 35.3 Å². The Labute approximate surface area is 270 Å². The second kappa shape index (κ2) is 17.4. The second-order valence-corrected chi connectivity index (χ2v) is 9.96. The highest BCUT2D eigenvalue weighted by molar-refractivity contribution is 7.80. The Bertz CT molecular complexity index is 1430. The van der Waals surface area contributed by atoms with Crippen molar-refractivity contribution in [1.82, 2.24) is 9.78 Å². The molecule has 4 atom stereocenters. The van der Waals surface area contributed by atoms with Crippen molar-refractivity contribution >= 4 is 59.0 Å². The number of ether oxygens (including phenoxy) is 6. The van der Waals surface area contributed by atoms with Crippen LogP contribution in [0, 0.1) is 0 Å². The van der Waals surface area contributed by atoms with E-state index in [2.05, 4.69) is 5.10 Å². The predicted octanol–water partition coefficient (Wildman–Crippen LogP) is 1.39. The summed E-state index contributed by atoms with van der Waals surface area (Å²) in [7, 11) is 0. The SMILES string of the molecule is CCOC(=O)c1cnn(-c2ccccc2)c1N(C[C@H](OC(C)=O)[C@@H](OC(C)=O)[C@H](OC(C)=O)[C@@H](COC(C)=O)OC(C)=O)C(N)=S. The fraction of sp³-hybridized carbons (Fsp3) is 0.448. The van der Waals surface area contributed by atoms with Crippen molar-refractivity contribution in [2.45, 2.75) is 66.0 Å². The first-order valence-electron chi connectivity index (χ1n) is 13.9. The number of esters is 6. The van der Waals surface area contributed by atoms with Gasteiger partial charge in [-0.25, -0.2) is 9.48 Å². The molecule has 0 unspecified atom stereocenters. The van der Waals surface area contributed by atoms with Gasteiger partial charge in [-0.15, -0.1) is 0 Å². The minimum atomic E-state index is -1.72. The maximum absolute atomic E-state index is 13.0. The minimum Gasteiger partial charge on any atom is -0.462 e. The Hall–Kier alpha value is -5.06. The zero-order valence-electron chi connectivity index (χ0n) is 26.1. The predicted molar refractivity (Wildman–Crippen MR) is 163 cm³/mol. The molecule has 2 N–H and O–H groups in total. The monoisotopic (exact) mass is 664 g/mol. The lowest BCUT2D eigenvalue weighted by molar-refractivity contribution is -0.201. The zero-order valence-corrected chi connectivity index (χ0v) is 26.9. The standard InChI is InChI=1S/C29H36N4O12S/c1-7-40-28(39)22-13-31-33(21-11-9-8-10-12-21)27(22)32(29(30)46)14-23(42-17(3)35)25(44-19(5)37)26(45-20(6)38)24(43-18(4)36)15-41-16(2)34/h8-13,23-26H,7,14-15H2,1-6H3,(H2,30,46)/t23-,24+,25+,26+/m0/s1. The van der Waals surface area contributed by atoms with Crippen LogP contribution in [0.3, 0.4) is 0 Å². The summed E-state index contributed by atoms with van der Waals surface area (Å²) >= 11 is 5.36. The van der Waals surface area contributed by atoms with Gasteiger partial charge < -0.3 is 34.2 Å². The fourth-order valence-electron chi connectivity index (χ4n) is 4.30. The lowest BCUT2D eigenvalue weighted by Gasteiger charge is -2.37. The highest BCUT2D eigenvalue weighted by Gasteiger charge is 2.45. The highest BCUT2D eigenvalue weighted by atomic mass is 32.1. The quantitative estimate of drug-likeness (QED) is 0.162. The molecule has 0 saturated heterocycles. The summed E-state index contributed by atoms with van der Waals surface area (Å²) in [5.74, 6) is -5.13. The third-order valence-corrected chi connectivity index (χ3v) is 6.09. The van der Waals surface area contributed by atoms with E-state index < -0.39 is 73.4 Å². The van der Waals surface area contributed by atoms with Gasteiger partial charge in [-0.1, -0.05) is 18.2 Å². The molecule has 0 bridgehead atoms. The van der Waals surface area contributed by atoms with Crippen LogP contribution in [0.15, 0.2) is 36.5 Å². The zero-order chi connectivity index (χ0) is 34.6. The second-order valence-electron chi connectivity index (χ2n) is 9.54. The third kappa shape index (κ3) is 10.8. The lowest BCUT2D eigenvalue weighted by Crippen LogP contribution is -2.57. The van der Waals surface area contributed by atoms with Crippen molar-refractivity contribution in [2.24, 2.45) is 5.73 Å². The molecular formula is C29H36N4O12S. The molecule has 250 valence electrons. The van der Waals surface area contributed by atoms with E-state index in [-0.39, 0.29) is 23.1 Å². The molecule has 2 rings (SSSR count). The number of thiocarbonyl (C=S) groups is 1. The molecule has 17 heteroatoms. The van der Waals surface area contributed by atoms with Gasteiger partial charge in [0.2, 0.25) is 0 Å². The van der Waals surface area contributed by atoms with E-state index >= 15 is 0 Å². The van der Waals surface area contributed by atoms with E-state index in [9.17, 15) is 28.8 Å². The first-order chi connectivity index (χ1) is 21.7. The summed E-state index contributed by atoms with van der Waals surface area (Å²) < 4.78 is 33.4. The molecule has 0 saturated carbocycles. The maximum atomic E-state index is 13.0. The molecule has 0 fully saturated rings. The molecule has 0 radical (unpaired) electrons. The average Bonchev–Trinajstić information content (AvgIpc) is 3.40. The summed E-state index contributed by atoms with van der Waals surface area (Å²) in [4.78, 5) is 75.0. The van der Waals surface area contributed by atoms with Crippen molar-refractivity contribution in [3.63, 3.8) is 0 Å². The molecule has 0 aliphatic heterocycles. The first-order valence-corrected chi connectivity index (χ1v) is 14.3. The summed E-state index contributed by atoms with van der Waals surface area (Å²) in [6.45, 7) is 5.72.